The van der Waals surface area contributed by atoms with Gasteiger partial charge in [-0.25, -0.2) is 4.79 Å². The number of benzene rings is 3. The van der Waals surface area contributed by atoms with Crippen LogP contribution >= 0.6 is 11.8 Å². The molecule has 5 heteroatoms. The quantitative estimate of drug-likeness (QED) is 0.340. The summed E-state index contributed by atoms with van der Waals surface area (Å²) in [6, 6.07) is 23.3. The number of thioether (sulfide) groups is 1. The Morgan fingerprint density at radius 2 is 1.66 bits per heavy atom. The van der Waals surface area contributed by atoms with E-state index in [1.54, 1.807) is 16.7 Å². The van der Waals surface area contributed by atoms with Crippen LogP contribution < -0.4 is 4.90 Å². The molecule has 0 saturated heterocycles. The second-order valence-corrected chi connectivity index (χ2v) is 7.34. The number of para-hydroxylation sites is 1. The van der Waals surface area contributed by atoms with Gasteiger partial charge in [0.15, 0.2) is 0 Å². The van der Waals surface area contributed by atoms with Crippen LogP contribution in [0.3, 0.4) is 0 Å². The van der Waals surface area contributed by atoms with Crippen molar-refractivity contribution in [3.63, 3.8) is 0 Å². The highest BCUT2D eigenvalue weighted by atomic mass is 32.2. The molecule has 0 N–H and O–H groups in total. The van der Waals surface area contributed by atoms with Gasteiger partial charge >= 0.3 is 5.97 Å². The molecule has 0 spiro atoms. The summed E-state index contributed by atoms with van der Waals surface area (Å²) in [4.78, 5) is 28.0. The van der Waals surface area contributed by atoms with Gasteiger partial charge < -0.3 is 4.74 Å². The van der Waals surface area contributed by atoms with Crippen molar-refractivity contribution in [1.82, 2.24) is 0 Å². The van der Waals surface area contributed by atoms with Crippen LogP contribution in [0.1, 0.15) is 15.9 Å². The van der Waals surface area contributed by atoms with E-state index >= 15 is 0 Å². The number of ether oxygens (including phenoxy) is 1. The van der Waals surface area contributed by atoms with Crippen molar-refractivity contribution in [2.75, 3.05) is 18.3 Å². The Bertz CT molecular complexity index is 1120. The molecule has 0 fully saturated rings. The van der Waals surface area contributed by atoms with E-state index in [1.807, 2.05) is 79.1 Å². The SMILES string of the molecule is COC(=O)/C=C1\c2cc(-c3ccccc3)ccc2C(=O)N1c1ccccc1SC. The molecule has 1 aliphatic heterocycles. The molecular formula is C24H19NO3S. The number of hydrogen-bond acceptors (Lipinski definition) is 4. The zero-order valence-electron chi connectivity index (χ0n) is 16.1. The van der Waals surface area contributed by atoms with E-state index in [1.165, 1.54) is 13.2 Å². The number of carbonyl (C=O) groups is 2. The number of nitrogens with zero attached hydrogens (tertiary/aromatic N) is 1. The Morgan fingerprint density at radius 1 is 0.931 bits per heavy atom. The van der Waals surface area contributed by atoms with Crippen LogP contribution in [0.2, 0.25) is 0 Å². The lowest BCUT2D eigenvalue weighted by molar-refractivity contribution is -0.134. The number of anilines is 1. The first-order valence-electron chi connectivity index (χ1n) is 9.11. The highest BCUT2D eigenvalue weighted by Crippen LogP contribution is 2.41. The Morgan fingerprint density at radius 3 is 2.38 bits per heavy atom. The molecule has 4 rings (SSSR count). The first kappa shape index (κ1) is 19.0. The van der Waals surface area contributed by atoms with Gasteiger partial charge in [-0.3, -0.25) is 9.69 Å². The van der Waals surface area contributed by atoms with Gasteiger partial charge in [-0.15, -0.1) is 11.8 Å². The predicted octanol–water partition coefficient (Wildman–Crippen LogP) is 5.25. The van der Waals surface area contributed by atoms with E-state index in [2.05, 4.69) is 0 Å². The van der Waals surface area contributed by atoms with Crippen molar-refractivity contribution in [3.05, 3.63) is 90.0 Å². The molecule has 0 bridgehead atoms. The van der Waals surface area contributed by atoms with Crippen molar-refractivity contribution in [3.8, 4) is 11.1 Å². The van der Waals surface area contributed by atoms with Gasteiger partial charge in [0.25, 0.3) is 5.91 Å². The minimum Gasteiger partial charge on any atom is -0.466 e. The van der Waals surface area contributed by atoms with Crippen LogP contribution in [0.5, 0.6) is 0 Å². The number of carbonyl (C=O) groups excluding carboxylic acids is 2. The zero-order chi connectivity index (χ0) is 20.4. The van der Waals surface area contributed by atoms with Crippen LogP contribution in [0.15, 0.2) is 83.8 Å². The van der Waals surface area contributed by atoms with Crippen LogP contribution in [0, 0.1) is 0 Å². The second kappa shape index (κ2) is 7.97. The summed E-state index contributed by atoms with van der Waals surface area (Å²) in [5.74, 6) is -0.659. The maximum absolute atomic E-state index is 13.3. The molecule has 0 atom stereocenters. The largest absolute Gasteiger partial charge is 0.466 e. The van der Waals surface area contributed by atoms with Gasteiger partial charge in [0.2, 0.25) is 0 Å². The molecule has 3 aromatic carbocycles. The van der Waals surface area contributed by atoms with Gasteiger partial charge in [0, 0.05) is 22.1 Å². The summed E-state index contributed by atoms with van der Waals surface area (Å²) in [7, 11) is 1.33. The van der Waals surface area contributed by atoms with E-state index in [0.29, 0.717) is 11.3 Å². The Labute approximate surface area is 173 Å². The first-order chi connectivity index (χ1) is 14.1. The third-order valence-electron chi connectivity index (χ3n) is 4.86. The molecule has 0 unspecified atom stereocenters. The third-order valence-corrected chi connectivity index (χ3v) is 5.64. The lowest BCUT2D eigenvalue weighted by Gasteiger charge is -2.21. The molecule has 3 aromatic rings. The summed E-state index contributed by atoms with van der Waals surface area (Å²) < 4.78 is 4.86. The van der Waals surface area contributed by atoms with Gasteiger partial charge in [-0.05, 0) is 41.6 Å². The summed E-state index contributed by atoms with van der Waals surface area (Å²) in [5, 5.41) is 0. The highest BCUT2D eigenvalue weighted by Gasteiger charge is 2.35. The molecular weight excluding hydrogens is 382 g/mol. The molecule has 0 saturated carbocycles. The van der Waals surface area contributed by atoms with Crippen LogP contribution in [0.25, 0.3) is 16.8 Å². The molecule has 0 aromatic heterocycles. The summed E-state index contributed by atoms with van der Waals surface area (Å²) in [5.41, 5.74) is 4.58. The molecule has 29 heavy (non-hydrogen) atoms. The first-order valence-corrected chi connectivity index (χ1v) is 10.3. The van der Waals surface area contributed by atoms with Crippen molar-refractivity contribution >= 4 is 35.0 Å². The van der Waals surface area contributed by atoms with Crippen LogP contribution in [-0.2, 0) is 9.53 Å². The highest BCUT2D eigenvalue weighted by molar-refractivity contribution is 7.98. The molecule has 144 valence electrons. The van der Waals surface area contributed by atoms with Crippen LogP contribution in [-0.4, -0.2) is 25.2 Å². The number of methoxy groups -OCH3 is 1. The van der Waals surface area contributed by atoms with Gasteiger partial charge in [0.05, 0.1) is 18.5 Å². The summed E-state index contributed by atoms with van der Waals surface area (Å²) >= 11 is 1.55. The van der Waals surface area contributed by atoms with Gasteiger partial charge in [0.1, 0.15) is 0 Å². The van der Waals surface area contributed by atoms with Crippen molar-refractivity contribution < 1.29 is 14.3 Å². The Hall–Kier alpha value is -3.31. The average molecular weight is 401 g/mol. The van der Waals surface area contributed by atoms with E-state index in [0.717, 1.165) is 27.3 Å². The maximum Gasteiger partial charge on any atom is 0.332 e. The molecule has 0 radical (unpaired) electrons. The van der Waals surface area contributed by atoms with E-state index in [-0.39, 0.29) is 5.91 Å². The molecule has 1 aliphatic rings. The number of amides is 1. The average Bonchev–Trinajstić information content (AvgIpc) is 3.05. The van der Waals surface area contributed by atoms with Gasteiger partial charge in [-0.1, -0.05) is 48.5 Å². The van der Waals surface area contributed by atoms with E-state index in [9.17, 15) is 9.59 Å². The second-order valence-electron chi connectivity index (χ2n) is 6.49. The minimum absolute atomic E-state index is 0.156. The fraction of sp³-hybridized carbons (Fsp3) is 0.0833. The summed E-state index contributed by atoms with van der Waals surface area (Å²) in [6.45, 7) is 0. The predicted molar refractivity (Wildman–Crippen MR) is 117 cm³/mol. The van der Waals surface area contributed by atoms with Crippen molar-refractivity contribution in [2.24, 2.45) is 0 Å². The normalized spacial score (nSPS) is 14.2. The number of hydrogen-bond donors (Lipinski definition) is 0. The lowest BCUT2D eigenvalue weighted by atomic mass is 9.99. The van der Waals surface area contributed by atoms with Crippen molar-refractivity contribution in [1.29, 1.82) is 0 Å². The fourth-order valence-corrected chi connectivity index (χ4v) is 4.05. The molecule has 4 nitrogen and oxygen atoms in total. The number of rotatable bonds is 4. The smallest absolute Gasteiger partial charge is 0.332 e. The lowest BCUT2D eigenvalue weighted by Crippen LogP contribution is -2.23. The fourth-order valence-electron chi connectivity index (χ4n) is 3.47. The molecule has 1 heterocycles. The topological polar surface area (TPSA) is 46.6 Å². The molecule has 0 aliphatic carbocycles. The van der Waals surface area contributed by atoms with E-state index < -0.39 is 5.97 Å². The minimum atomic E-state index is -0.502. The standard InChI is InChI=1S/C24H19NO3S/c1-28-23(26)15-21-19-14-17(16-8-4-3-5-9-16)12-13-18(19)24(27)25(21)20-10-6-7-11-22(20)29-2/h3-15H,1-2H3/b21-15+. The number of fused-ring (bicyclic) bond motifs is 1. The van der Waals surface area contributed by atoms with Crippen LogP contribution in [0.4, 0.5) is 5.69 Å². The maximum atomic E-state index is 13.3. The Kier molecular flexibility index (Phi) is 5.23. The third kappa shape index (κ3) is 3.45. The number of esters is 1. The zero-order valence-corrected chi connectivity index (χ0v) is 16.9. The van der Waals surface area contributed by atoms with E-state index in [4.69, 9.17) is 4.74 Å². The van der Waals surface area contributed by atoms with Crippen molar-refractivity contribution in [2.45, 2.75) is 4.90 Å². The monoisotopic (exact) mass is 401 g/mol. The summed E-state index contributed by atoms with van der Waals surface area (Å²) in [6.07, 6.45) is 3.35. The molecule has 1 amide bonds. The van der Waals surface area contributed by atoms with Gasteiger partial charge in [-0.2, -0.15) is 0 Å². The Balaban J connectivity index is 1.91.